The number of nitrogens with zero attached hydrogens (tertiary/aromatic N) is 2. The van der Waals surface area contributed by atoms with Gasteiger partial charge in [-0.3, -0.25) is 9.98 Å². The van der Waals surface area contributed by atoms with Gasteiger partial charge < -0.3 is 9.47 Å². The van der Waals surface area contributed by atoms with Crippen molar-refractivity contribution < 1.29 is 18.3 Å². The second kappa shape index (κ2) is 11.9. The van der Waals surface area contributed by atoms with E-state index >= 15 is 0 Å². The molecule has 3 aliphatic rings. The van der Waals surface area contributed by atoms with E-state index in [0.717, 1.165) is 59.2 Å². The molecule has 6 heteroatoms. The summed E-state index contributed by atoms with van der Waals surface area (Å²) in [7, 11) is 1.67. The average molecular weight is 529 g/mol. The lowest BCUT2D eigenvalue weighted by molar-refractivity contribution is 0.203. The Morgan fingerprint density at radius 3 is 2.56 bits per heavy atom. The van der Waals surface area contributed by atoms with Crippen molar-refractivity contribution in [3.8, 4) is 5.75 Å². The maximum atomic E-state index is 14.5. The summed E-state index contributed by atoms with van der Waals surface area (Å²) in [6.07, 6.45) is 10.7. The van der Waals surface area contributed by atoms with Gasteiger partial charge in [-0.2, -0.15) is 0 Å². The third-order valence-electron chi connectivity index (χ3n) is 7.61. The number of hydrogen-bond acceptors (Lipinski definition) is 4. The fraction of sp³-hybridized carbons (Fsp3) is 0.333. The molecule has 202 valence electrons. The van der Waals surface area contributed by atoms with E-state index in [2.05, 4.69) is 38.1 Å². The van der Waals surface area contributed by atoms with Gasteiger partial charge in [0.15, 0.2) is 11.6 Å². The number of aliphatic imine (C=N–C) groups is 2. The van der Waals surface area contributed by atoms with E-state index in [9.17, 15) is 8.78 Å². The molecule has 0 N–H and O–H groups in total. The molecule has 0 spiro atoms. The van der Waals surface area contributed by atoms with E-state index in [1.807, 2.05) is 18.3 Å². The van der Waals surface area contributed by atoms with Gasteiger partial charge in [-0.1, -0.05) is 35.4 Å². The predicted octanol–water partition coefficient (Wildman–Crippen LogP) is 8.16. The molecule has 5 rings (SSSR count). The molecule has 0 amide bonds. The van der Waals surface area contributed by atoms with Gasteiger partial charge in [-0.15, -0.1) is 0 Å². The third-order valence-corrected chi connectivity index (χ3v) is 7.61. The van der Waals surface area contributed by atoms with Gasteiger partial charge in [0.05, 0.1) is 36.9 Å². The molecule has 0 aromatic heterocycles. The van der Waals surface area contributed by atoms with Crippen LogP contribution in [0.1, 0.15) is 63.5 Å². The zero-order valence-corrected chi connectivity index (χ0v) is 22.8. The molecule has 1 unspecified atom stereocenters. The van der Waals surface area contributed by atoms with Crippen LogP contribution in [-0.2, 0) is 4.74 Å². The van der Waals surface area contributed by atoms with E-state index in [0.29, 0.717) is 31.6 Å². The maximum Gasteiger partial charge on any atom is 0.167 e. The van der Waals surface area contributed by atoms with E-state index in [1.54, 1.807) is 13.2 Å². The van der Waals surface area contributed by atoms with E-state index < -0.39 is 11.6 Å². The molecule has 3 heterocycles. The van der Waals surface area contributed by atoms with Crippen molar-refractivity contribution in [3.05, 3.63) is 106 Å². The van der Waals surface area contributed by atoms with Crippen LogP contribution >= 0.6 is 0 Å². The highest BCUT2D eigenvalue weighted by molar-refractivity contribution is 6.03. The lowest BCUT2D eigenvalue weighted by Gasteiger charge is -2.18. The second-order valence-corrected chi connectivity index (χ2v) is 10.3. The summed E-state index contributed by atoms with van der Waals surface area (Å²) in [6.45, 7) is 4.88. The van der Waals surface area contributed by atoms with Gasteiger partial charge in [-0.25, -0.2) is 8.78 Å². The summed E-state index contributed by atoms with van der Waals surface area (Å²) in [6, 6.07) is 12.5. The normalized spacial score (nSPS) is 20.0. The number of fused-ring (bicyclic) bond motifs is 1. The highest BCUT2D eigenvalue weighted by Gasteiger charge is 2.22. The van der Waals surface area contributed by atoms with Gasteiger partial charge in [0.25, 0.3) is 0 Å². The van der Waals surface area contributed by atoms with Crippen molar-refractivity contribution in [3.63, 3.8) is 0 Å². The zero-order chi connectivity index (χ0) is 27.4. The van der Waals surface area contributed by atoms with Crippen LogP contribution in [-0.4, -0.2) is 31.7 Å². The molecule has 4 nitrogen and oxygen atoms in total. The molecule has 0 saturated carbocycles. The van der Waals surface area contributed by atoms with Crippen molar-refractivity contribution in [2.45, 2.75) is 58.4 Å². The first-order valence-electron chi connectivity index (χ1n) is 13.6. The summed E-state index contributed by atoms with van der Waals surface area (Å²) < 4.78 is 39.9. The monoisotopic (exact) mass is 528 g/mol. The first-order valence-corrected chi connectivity index (χ1v) is 13.6. The Hall–Kier alpha value is -3.80. The Kier molecular flexibility index (Phi) is 8.20. The molecule has 0 fully saturated rings. The Morgan fingerprint density at radius 1 is 0.974 bits per heavy atom. The smallest absolute Gasteiger partial charge is 0.167 e. The summed E-state index contributed by atoms with van der Waals surface area (Å²) in [5, 5.41) is 0. The minimum absolute atomic E-state index is 0.0669. The van der Waals surface area contributed by atoms with Crippen LogP contribution in [0.4, 0.5) is 8.78 Å². The Morgan fingerprint density at radius 2 is 1.77 bits per heavy atom. The second-order valence-electron chi connectivity index (χ2n) is 10.3. The first kappa shape index (κ1) is 26.8. The Balaban J connectivity index is 1.37. The largest absolute Gasteiger partial charge is 0.498 e. The zero-order valence-electron chi connectivity index (χ0n) is 22.8. The summed E-state index contributed by atoms with van der Waals surface area (Å²) >= 11 is 0. The molecule has 1 atom stereocenters. The van der Waals surface area contributed by atoms with Crippen molar-refractivity contribution >= 4 is 17.5 Å². The molecule has 39 heavy (non-hydrogen) atoms. The van der Waals surface area contributed by atoms with Crippen LogP contribution in [0.5, 0.6) is 5.75 Å². The van der Waals surface area contributed by atoms with Crippen molar-refractivity contribution in [2.75, 3.05) is 13.7 Å². The quantitative estimate of drug-likeness (QED) is 0.393. The average Bonchev–Trinajstić information content (AvgIpc) is 3.20. The summed E-state index contributed by atoms with van der Waals surface area (Å²) in [5.74, 6) is 0.0872. The fourth-order valence-corrected chi connectivity index (χ4v) is 5.24. The predicted molar refractivity (Wildman–Crippen MR) is 153 cm³/mol. The highest BCUT2D eigenvalue weighted by Crippen LogP contribution is 2.32. The topological polar surface area (TPSA) is 43.2 Å². The number of halogens is 2. The number of ether oxygens (including phenoxy) is 2. The number of allylic oxidation sites excluding steroid dienone is 5. The van der Waals surface area contributed by atoms with Crippen LogP contribution in [0.2, 0.25) is 0 Å². The van der Waals surface area contributed by atoms with Gasteiger partial charge in [0.2, 0.25) is 0 Å². The molecule has 2 aromatic rings. The number of hydrogen-bond donors (Lipinski definition) is 0. The molecule has 0 radical (unpaired) electrons. The number of methoxy groups -OCH3 is 1. The lowest BCUT2D eigenvalue weighted by atomic mass is 9.96. The molecular formula is C33H34F2N2O2. The molecular weight excluding hydrogens is 494 g/mol. The Bertz CT molecular complexity index is 1430. The fourth-order valence-electron chi connectivity index (χ4n) is 5.24. The van der Waals surface area contributed by atoms with E-state index in [4.69, 9.17) is 19.5 Å². The van der Waals surface area contributed by atoms with E-state index in [-0.39, 0.29) is 11.6 Å². The highest BCUT2D eigenvalue weighted by atomic mass is 19.2. The SMILES string of the molecule is COc1ccc(C2=C(C)CCOC(CC3CCC=C4N=C(c5cccc(F)c5F)CCC(C)=C4C=N3)=C2)cc1. The first-order chi connectivity index (χ1) is 18.9. The Labute approximate surface area is 229 Å². The van der Waals surface area contributed by atoms with Crippen molar-refractivity contribution in [2.24, 2.45) is 9.98 Å². The van der Waals surface area contributed by atoms with Crippen LogP contribution in [0.25, 0.3) is 5.57 Å². The molecule has 0 aliphatic carbocycles. The van der Waals surface area contributed by atoms with E-state index in [1.165, 1.54) is 17.2 Å². The lowest BCUT2D eigenvalue weighted by Crippen LogP contribution is -2.11. The third kappa shape index (κ3) is 6.11. The minimum atomic E-state index is -0.851. The molecule has 3 aliphatic heterocycles. The van der Waals surface area contributed by atoms with Gasteiger partial charge in [0.1, 0.15) is 5.75 Å². The van der Waals surface area contributed by atoms with Gasteiger partial charge in [0, 0.05) is 30.2 Å². The van der Waals surface area contributed by atoms with Crippen molar-refractivity contribution in [1.82, 2.24) is 0 Å². The van der Waals surface area contributed by atoms with Gasteiger partial charge >= 0.3 is 0 Å². The van der Waals surface area contributed by atoms with Crippen LogP contribution in [0.15, 0.2) is 92.8 Å². The van der Waals surface area contributed by atoms with Crippen LogP contribution < -0.4 is 4.74 Å². The van der Waals surface area contributed by atoms with Gasteiger partial charge in [-0.05, 0) is 81.0 Å². The molecule has 0 saturated heterocycles. The van der Waals surface area contributed by atoms with Crippen LogP contribution in [0.3, 0.4) is 0 Å². The summed E-state index contributed by atoms with van der Waals surface area (Å²) in [5.41, 5.74) is 7.34. The maximum absolute atomic E-state index is 14.5. The molecule has 2 aromatic carbocycles. The number of benzene rings is 2. The standard InChI is InChI=1S/C33H34F2N2O2/c1-21-10-15-32(27-7-5-8-30(34)33(27)35)37-31-9-4-6-24(36-20-29(21)31)18-26-19-28(22(2)16-17-39-26)23-11-13-25(38-3)14-12-23/h5,7-9,11-14,19-20,24H,4,6,10,15-18H2,1-3H3. The van der Waals surface area contributed by atoms with Crippen LogP contribution in [0, 0.1) is 11.6 Å². The molecule has 0 bridgehead atoms. The summed E-state index contributed by atoms with van der Waals surface area (Å²) in [4.78, 5) is 9.78. The van der Waals surface area contributed by atoms with Crippen molar-refractivity contribution in [1.29, 1.82) is 0 Å². The number of rotatable bonds is 5. The minimum Gasteiger partial charge on any atom is -0.498 e.